The zero-order chi connectivity index (χ0) is 15.9. The fourth-order valence-electron chi connectivity index (χ4n) is 2.47. The van der Waals surface area contributed by atoms with Crippen molar-refractivity contribution in [1.29, 1.82) is 0 Å². The molecule has 23 heavy (non-hydrogen) atoms. The molecule has 2 aromatic rings. The molecule has 1 aliphatic rings. The monoisotopic (exact) mass is 312 g/mol. The van der Waals surface area contributed by atoms with E-state index < -0.39 is 0 Å². The second-order valence-corrected chi connectivity index (χ2v) is 5.52. The standard InChI is InChI=1S/C17H20N4O2/c22-17(14-5-8-23-9-6-14)21-16-4-3-15(12-20-16)19-11-13-2-1-7-18-10-13/h1-4,7,10,12,14,19H,5-6,8-9,11H2,(H,20,21,22). The van der Waals surface area contributed by atoms with Crippen LogP contribution >= 0.6 is 0 Å². The molecule has 0 atom stereocenters. The summed E-state index contributed by atoms with van der Waals surface area (Å²) in [7, 11) is 0. The average Bonchev–Trinajstić information content (AvgIpc) is 2.63. The summed E-state index contributed by atoms with van der Waals surface area (Å²) in [4.78, 5) is 20.5. The van der Waals surface area contributed by atoms with Gasteiger partial charge in [-0.15, -0.1) is 0 Å². The van der Waals surface area contributed by atoms with Crippen molar-refractivity contribution in [2.24, 2.45) is 5.92 Å². The van der Waals surface area contributed by atoms with Gasteiger partial charge in [-0.2, -0.15) is 0 Å². The number of carbonyl (C=O) groups excluding carboxylic acids is 1. The fraction of sp³-hybridized carbons (Fsp3) is 0.353. The fourth-order valence-corrected chi connectivity index (χ4v) is 2.47. The number of hydrogen-bond acceptors (Lipinski definition) is 5. The Balaban J connectivity index is 1.51. The Morgan fingerprint density at radius 2 is 2.09 bits per heavy atom. The molecule has 120 valence electrons. The third-order valence-electron chi connectivity index (χ3n) is 3.83. The molecule has 2 N–H and O–H groups in total. The van der Waals surface area contributed by atoms with Crippen molar-refractivity contribution in [1.82, 2.24) is 9.97 Å². The predicted octanol–water partition coefficient (Wildman–Crippen LogP) is 2.45. The summed E-state index contributed by atoms with van der Waals surface area (Å²) in [5.74, 6) is 0.624. The van der Waals surface area contributed by atoms with Gasteiger partial charge in [0.05, 0.1) is 11.9 Å². The predicted molar refractivity (Wildman–Crippen MR) is 88.0 cm³/mol. The van der Waals surface area contributed by atoms with Gasteiger partial charge in [-0.25, -0.2) is 4.98 Å². The van der Waals surface area contributed by atoms with E-state index in [1.54, 1.807) is 12.4 Å². The molecule has 0 aromatic carbocycles. The maximum absolute atomic E-state index is 12.1. The van der Waals surface area contributed by atoms with Gasteiger partial charge in [0.15, 0.2) is 0 Å². The number of anilines is 2. The highest BCUT2D eigenvalue weighted by Gasteiger charge is 2.21. The van der Waals surface area contributed by atoms with Crippen LogP contribution in [0.15, 0.2) is 42.9 Å². The Kier molecular flexibility index (Phi) is 5.16. The van der Waals surface area contributed by atoms with E-state index in [-0.39, 0.29) is 11.8 Å². The first kappa shape index (κ1) is 15.4. The van der Waals surface area contributed by atoms with Crippen LogP contribution in [0.4, 0.5) is 11.5 Å². The Bertz CT molecular complexity index is 625. The Hall–Kier alpha value is -2.47. The van der Waals surface area contributed by atoms with E-state index in [0.717, 1.165) is 24.1 Å². The summed E-state index contributed by atoms with van der Waals surface area (Å²) >= 11 is 0. The van der Waals surface area contributed by atoms with Crippen LogP contribution in [0.25, 0.3) is 0 Å². The lowest BCUT2D eigenvalue weighted by molar-refractivity contribution is -0.122. The number of nitrogens with zero attached hydrogens (tertiary/aromatic N) is 2. The minimum absolute atomic E-state index is 0.0222. The quantitative estimate of drug-likeness (QED) is 0.887. The van der Waals surface area contributed by atoms with Crippen molar-refractivity contribution in [2.75, 3.05) is 23.8 Å². The maximum Gasteiger partial charge on any atom is 0.228 e. The summed E-state index contributed by atoms with van der Waals surface area (Å²) in [5.41, 5.74) is 2.00. The van der Waals surface area contributed by atoms with Gasteiger partial charge in [-0.05, 0) is 36.6 Å². The number of amides is 1. The maximum atomic E-state index is 12.1. The smallest absolute Gasteiger partial charge is 0.228 e. The van der Waals surface area contributed by atoms with E-state index in [0.29, 0.717) is 25.6 Å². The number of ether oxygens (including phenoxy) is 1. The SMILES string of the molecule is O=C(Nc1ccc(NCc2cccnc2)cn1)C1CCOCC1. The van der Waals surface area contributed by atoms with Crippen LogP contribution in [0.3, 0.4) is 0 Å². The lowest BCUT2D eigenvalue weighted by atomic mass is 9.99. The Morgan fingerprint density at radius 1 is 1.22 bits per heavy atom. The van der Waals surface area contributed by atoms with Crippen LogP contribution < -0.4 is 10.6 Å². The highest BCUT2D eigenvalue weighted by molar-refractivity contribution is 5.91. The van der Waals surface area contributed by atoms with E-state index in [1.165, 1.54) is 0 Å². The highest BCUT2D eigenvalue weighted by Crippen LogP contribution is 2.17. The second kappa shape index (κ2) is 7.69. The Labute approximate surface area is 135 Å². The number of rotatable bonds is 5. The molecule has 2 aromatic heterocycles. The zero-order valence-corrected chi connectivity index (χ0v) is 12.9. The molecule has 0 bridgehead atoms. The van der Waals surface area contributed by atoms with E-state index in [1.807, 2.05) is 30.5 Å². The van der Waals surface area contributed by atoms with Gasteiger partial charge in [-0.3, -0.25) is 9.78 Å². The highest BCUT2D eigenvalue weighted by atomic mass is 16.5. The van der Waals surface area contributed by atoms with Gasteiger partial charge in [0.1, 0.15) is 5.82 Å². The van der Waals surface area contributed by atoms with Crippen LogP contribution in [0, 0.1) is 5.92 Å². The van der Waals surface area contributed by atoms with Crippen LogP contribution in [0.5, 0.6) is 0 Å². The molecule has 6 nitrogen and oxygen atoms in total. The Morgan fingerprint density at radius 3 is 2.78 bits per heavy atom. The van der Waals surface area contributed by atoms with Gasteiger partial charge in [0.2, 0.25) is 5.91 Å². The molecule has 1 amide bonds. The van der Waals surface area contributed by atoms with Gasteiger partial charge in [-0.1, -0.05) is 6.07 Å². The minimum Gasteiger partial charge on any atom is -0.381 e. The average molecular weight is 312 g/mol. The van der Waals surface area contributed by atoms with E-state index >= 15 is 0 Å². The van der Waals surface area contributed by atoms with Crippen molar-refractivity contribution in [3.8, 4) is 0 Å². The third-order valence-corrected chi connectivity index (χ3v) is 3.83. The molecule has 0 radical (unpaired) electrons. The second-order valence-electron chi connectivity index (χ2n) is 5.52. The summed E-state index contributed by atoms with van der Waals surface area (Å²) in [6, 6.07) is 7.63. The molecule has 1 fully saturated rings. The van der Waals surface area contributed by atoms with Crippen LogP contribution in [0.1, 0.15) is 18.4 Å². The lowest BCUT2D eigenvalue weighted by Crippen LogP contribution is -2.28. The van der Waals surface area contributed by atoms with Crippen molar-refractivity contribution in [2.45, 2.75) is 19.4 Å². The summed E-state index contributed by atoms with van der Waals surface area (Å²) in [6.07, 6.45) is 6.84. The molecule has 3 heterocycles. The number of nitrogens with one attached hydrogen (secondary N) is 2. The van der Waals surface area contributed by atoms with Gasteiger partial charge < -0.3 is 15.4 Å². The molecule has 0 spiro atoms. The molecular formula is C17H20N4O2. The number of hydrogen-bond donors (Lipinski definition) is 2. The number of pyridine rings is 2. The van der Waals surface area contributed by atoms with E-state index in [2.05, 4.69) is 20.6 Å². The molecule has 6 heteroatoms. The van der Waals surface area contributed by atoms with Crippen molar-refractivity contribution in [3.63, 3.8) is 0 Å². The molecular weight excluding hydrogens is 292 g/mol. The van der Waals surface area contributed by atoms with Crippen LogP contribution in [-0.2, 0) is 16.1 Å². The largest absolute Gasteiger partial charge is 0.381 e. The zero-order valence-electron chi connectivity index (χ0n) is 12.9. The molecule has 3 rings (SSSR count). The molecule has 0 aliphatic carbocycles. The van der Waals surface area contributed by atoms with Crippen molar-refractivity contribution < 1.29 is 9.53 Å². The van der Waals surface area contributed by atoms with Gasteiger partial charge >= 0.3 is 0 Å². The van der Waals surface area contributed by atoms with Gasteiger partial charge in [0.25, 0.3) is 0 Å². The minimum atomic E-state index is 0.0222. The lowest BCUT2D eigenvalue weighted by Gasteiger charge is -2.20. The molecule has 0 unspecified atom stereocenters. The van der Waals surface area contributed by atoms with E-state index in [9.17, 15) is 4.79 Å². The summed E-state index contributed by atoms with van der Waals surface area (Å²) < 4.78 is 5.27. The van der Waals surface area contributed by atoms with E-state index in [4.69, 9.17) is 4.74 Å². The first-order valence-electron chi connectivity index (χ1n) is 7.79. The first-order valence-corrected chi connectivity index (χ1v) is 7.79. The van der Waals surface area contributed by atoms with Crippen LogP contribution in [-0.4, -0.2) is 29.1 Å². The normalized spacial score (nSPS) is 15.1. The molecule has 1 aliphatic heterocycles. The third kappa shape index (κ3) is 4.50. The topological polar surface area (TPSA) is 76.1 Å². The molecule has 0 saturated carbocycles. The summed E-state index contributed by atoms with van der Waals surface area (Å²) in [5, 5.41) is 6.14. The van der Waals surface area contributed by atoms with Crippen molar-refractivity contribution >= 4 is 17.4 Å². The first-order chi connectivity index (χ1) is 11.3. The van der Waals surface area contributed by atoms with Crippen molar-refractivity contribution in [3.05, 3.63) is 48.4 Å². The van der Waals surface area contributed by atoms with Gasteiger partial charge in [0, 0.05) is 38.1 Å². The summed E-state index contributed by atoms with van der Waals surface area (Å²) in [6.45, 7) is 1.99. The number of aromatic nitrogens is 2. The molecule has 1 saturated heterocycles. The van der Waals surface area contributed by atoms with Crippen LogP contribution in [0.2, 0.25) is 0 Å². The number of carbonyl (C=O) groups is 1.